The molecule has 0 spiro atoms. The molecular weight excluding hydrogens is 242 g/mol. The van der Waals surface area contributed by atoms with Crippen molar-refractivity contribution in [2.75, 3.05) is 13.2 Å². The van der Waals surface area contributed by atoms with Gasteiger partial charge in [-0.1, -0.05) is 25.4 Å². The summed E-state index contributed by atoms with van der Waals surface area (Å²) in [6, 6.07) is 4.26. The average Bonchev–Trinajstić information content (AvgIpc) is 2.72. The molecule has 0 aliphatic carbocycles. The van der Waals surface area contributed by atoms with Crippen LogP contribution in [0.1, 0.15) is 38.1 Å². The predicted octanol–water partition coefficient (Wildman–Crippen LogP) is 3.46. The first-order valence-corrected chi connectivity index (χ1v) is 6.79. The van der Waals surface area contributed by atoms with Crippen LogP contribution >= 0.6 is 22.9 Å². The first-order valence-electron chi connectivity index (χ1n) is 5.60. The number of rotatable bonds is 6. The topological polar surface area (TPSA) is 32.3 Å². The number of aliphatic hydroxyl groups excluding tert-OH is 1. The summed E-state index contributed by atoms with van der Waals surface area (Å²) in [5, 5.41) is 12.8. The SMILES string of the molecule is CCC(C)(CO)CNC(C)c1ccc(Cl)s1. The molecule has 0 aromatic carbocycles. The first-order chi connectivity index (χ1) is 7.50. The van der Waals surface area contributed by atoms with Crippen molar-refractivity contribution in [1.82, 2.24) is 5.32 Å². The van der Waals surface area contributed by atoms with Crippen molar-refractivity contribution in [2.24, 2.45) is 5.41 Å². The second-order valence-electron chi connectivity index (χ2n) is 4.57. The third-order valence-electron chi connectivity index (χ3n) is 3.09. The summed E-state index contributed by atoms with van der Waals surface area (Å²) in [6.07, 6.45) is 0.967. The Kier molecular flexibility index (Phi) is 5.25. The monoisotopic (exact) mass is 261 g/mol. The van der Waals surface area contributed by atoms with Gasteiger partial charge in [-0.15, -0.1) is 11.3 Å². The highest BCUT2D eigenvalue weighted by Crippen LogP contribution is 2.27. The normalized spacial score (nSPS) is 17.1. The van der Waals surface area contributed by atoms with Gasteiger partial charge in [0.25, 0.3) is 0 Å². The van der Waals surface area contributed by atoms with E-state index in [-0.39, 0.29) is 18.1 Å². The van der Waals surface area contributed by atoms with Crippen LogP contribution in [0.2, 0.25) is 4.34 Å². The lowest BCUT2D eigenvalue weighted by molar-refractivity contribution is 0.132. The third kappa shape index (κ3) is 3.74. The van der Waals surface area contributed by atoms with Gasteiger partial charge in [-0.3, -0.25) is 0 Å². The van der Waals surface area contributed by atoms with Crippen LogP contribution in [-0.2, 0) is 0 Å². The molecule has 0 aliphatic rings. The lowest BCUT2D eigenvalue weighted by Gasteiger charge is -2.27. The van der Waals surface area contributed by atoms with E-state index in [1.807, 2.05) is 12.1 Å². The van der Waals surface area contributed by atoms with Gasteiger partial charge in [0.05, 0.1) is 4.34 Å². The fraction of sp³-hybridized carbons (Fsp3) is 0.667. The molecule has 2 unspecified atom stereocenters. The Morgan fingerprint density at radius 2 is 2.25 bits per heavy atom. The van der Waals surface area contributed by atoms with Crippen molar-refractivity contribution in [2.45, 2.75) is 33.2 Å². The lowest BCUT2D eigenvalue weighted by Crippen LogP contribution is -2.35. The zero-order valence-corrected chi connectivity index (χ0v) is 11.7. The van der Waals surface area contributed by atoms with Crippen molar-refractivity contribution >= 4 is 22.9 Å². The Labute approximate surface area is 107 Å². The molecule has 0 saturated heterocycles. The summed E-state index contributed by atoms with van der Waals surface area (Å²) < 4.78 is 0.823. The maximum Gasteiger partial charge on any atom is 0.0931 e. The highest BCUT2D eigenvalue weighted by molar-refractivity contribution is 7.16. The van der Waals surface area contributed by atoms with E-state index in [1.165, 1.54) is 4.88 Å². The summed E-state index contributed by atoms with van der Waals surface area (Å²) in [4.78, 5) is 1.24. The van der Waals surface area contributed by atoms with Crippen LogP contribution in [0.15, 0.2) is 12.1 Å². The summed E-state index contributed by atoms with van der Waals surface area (Å²) in [7, 11) is 0. The molecule has 1 heterocycles. The largest absolute Gasteiger partial charge is 0.396 e. The van der Waals surface area contributed by atoms with E-state index < -0.39 is 0 Å². The average molecular weight is 262 g/mol. The Hall–Kier alpha value is -0.0900. The molecule has 0 aliphatic heterocycles. The fourth-order valence-electron chi connectivity index (χ4n) is 1.35. The molecule has 2 N–H and O–H groups in total. The van der Waals surface area contributed by atoms with Gasteiger partial charge in [0.15, 0.2) is 0 Å². The number of nitrogens with one attached hydrogen (secondary N) is 1. The highest BCUT2D eigenvalue weighted by Gasteiger charge is 2.21. The van der Waals surface area contributed by atoms with E-state index in [0.717, 1.165) is 17.3 Å². The number of aliphatic hydroxyl groups is 1. The molecule has 92 valence electrons. The number of thiophene rings is 1. The number of halogens is 1. The smallest absolute Gasteiger partial charge is 0.0931 e. The van der Waals surface area contributed by atoms with Crippen LogP contribution in [0.3, 0.4) is 0 Å². The molecule has 1 aromatic rings. The molecule has 2 nitrogen and oxygen atoms in total. The van der Waals surface area contributed by atoms with Crippen molar-refractivity contribution < 1.29 is 5.11 Å². The van der Waals surface area contributed by atoms with Crippen LogP contribution in [0, 0.1) is 5.41 Å². The highest BCUT2D eigenvalue weighted by atomic mass is 35.5. The maximum absolute atomic E-state index is 9.31. The standard InChI is InChI=1S/C12H20ClNOS/c1-4-12(3,8-15)7-14-9(2)10-5-6-11(13)16-10/h5-6,9,14-15H,4,7-8H2,1-3H3. The molecular formula is C12H20ClNOS. The summed E-state index contributed by atoms with van der Waals surface area (Å²) in [5.41, 5.74) is -0.0324. The minimum Gasteiger partial charge on any atom is -0.396 e. The van der Waals surface area contributed by atoms with Crippen LogP contribution in [-0.4, -0.2) is 18.3 Å². The molecule has 4 heteroatoms. The molecule has 0 amide bonds. The second kappa shape index (κ2) is 6.01. The van der Waals surface area contributed by atoms with Gasteiger partial charge in [-0.2, -0.15) is 0 Å². The van der Waals surface area contributed by atoms with Crippen molar-refractivity contribution in [3.05, 3.63) is 21.3 Å². The fourth-order valence-corrected chi connectivity index (χ4v) is 2.44. The summed E-state index contributed by atoms with van der Waals surface area (Å²) in [5.74, 6) is 0. The van der Waals surface area contributed by atoms with E-state index in [9.17, 15) is 5.11 Å². The van der Waals surface area contributed by atoms with Crippen LogP contribution in [0.4, 0.5) is 0 Å². The van der Waals surface area contributed by atoms with Crippen molar-refractivity contribution in [3.63, 3.8) is 0 Å². The summed E-state index contributed by atoms with van der Waals surface area (Å²) in [6.45, 7) is 7.35. The van der Waals surface area contributed by atoms with Crippen LogP contribution in [0.25, 0.3) is 0 Å². The third-order valence-corrected chi connectivity index (χ3v) is 4.50. The van der Waals surface area contributed by atoms with Gasteiger partial charge in [0.2, 0.25) is 0 Å². The van der Waals surface area contributed by atoms with Gasteiger partial charge >= 0.3 is 0 Å². The van der Waals surface area contributed by atoms with Gasteiger partial charge < -0.3 is 10.4 Å². The molecule has 0 saturated carbocycles. The molecule has 0 radical (unpaired) electrons. The zero-order valence-electron chi connectivity index (χ0n) is 10.1. The van der Waals surface area contributed by atoms with Crippen LogP contribution in [0.5, 0.6) is 0 Å². The quantitative estimate of drug-likeness (QED) is 0.822. The van der Waals surface area contributed by atoms with E-state index in [2.05, 4.69) is 26.1 Å². The van der Waals surface area contributed by atoms with Crippen molar-refractivity contribution in [3.8, 4) is 0 Å². The number of hydrogen-bond donors (Lipinski definition) is 2. The van der Waals surface area contributed by atoms with Gasteiger partial charge in [-0.05, 0) is 25.5 Å². The van der Waals surface area contributed by atoms with E-state index in [0.29, 0.717) is 0 Å². The van der Waals surface area contributed by atoms with E-state index in [4.69, 9.17) is 11.6 Å². The second-order valence-corrected chi connectivity index (χ2v) is 6.31. The predicted molar refractivity (Wildman–Crippen MR) is 71.2 cm³/mol. The van der Waals surface area contributed by atoms with Crippen LogP contribution < -0.4 is 5.32 Å². The molecule has 1 rings (SSSR count). The number of hydrogen-bond acceptors (Lipinski definition) is 3. The molecule has 0 bridgehead atoms. The van der Waals surface area contributed by atoms with E-state index in [1.54, 1.807) is 11.3 Å². The minimum absolute atomic E-state index is 0.0324. The minimum atomic E-state index is -0.0324. The molecule has 0 fully saturated rings. The van der Waals surface area contributed by atoms with Gasteiger partial charge in [0.1, 0.15) is 0 Å². The maximum atomic E-state index is 9.31. The molecule has 16 heavy (non-hydrogen) atoms. The van der Waals surface area contributed by atoms with E-state index >= 15 is 0 Å². The summed E-state index contributed by atoms with van der Waals surface area (Å²) >= 11 is 7.50. The Bertz CT molecular complexity index is 323. The molecule has 1 aromatic heterocycles. The lowest BCUT2D eigenvalue weighted by atomic mass is 9.88. The van der Waals surface area contributed by atoms with Gasteiger partial charge in [0, 0.05) is 29.5 Å². The Balaban J connectivity index is 2.49. The first kappa shape index (κ1) is 14.0. The Morgan fingerprint density at radius 1 is 1.56 bits per heavy atom. The molecule has 2 atom stereocenters. The van der Waals surface area contributed by atoms with Gasteiger partial charge in [-0.25, -0.2) is 0 Å². The van der Waals surface area contributed by atoms with Crippen molar-refractivity contribution in [1.29, 1.82) is 0 Å². The Morgan fingerprint density at radius 3 is 2.69 bits per heavy atom. The zero-order chi connectivity index (χ0) is 12.2.